The average Bonchev–Trinajstić information content (AvgIpc) is 2.44. The van der Waals surface area contributed by atoms with E-state index in [1.165, 1.54) is 6.07 Å². The third-order valence-electron chi connectivity index (χ3n) is 2.67. The van der Waals surface area contributed by atoms with Crippen molar-refractivity contribution in [3.05, 3.63) is 40.6 Å². The first-order valence-electron chi connectivity index (χ1n) is 6.05. The second-order valence-corrected chi connectivity index (χ2v) is 3.95. The molecule has 0 amide bonds. The summed E-state index contributed by atoms with van der Waals surface area (Å²) in [5.41, 5.74) is 0.698. The van der Waals surface area contributed by atoms with Crippen LogP contribution in [0, 0.1) is 10.1 Å². The van der Waals surface area contributed by atoms with Gasteiger partial charge in [0.15, 0.2) is 0 Å². The van der Waals surface area contributed by atoms with E-state index < -0.39 is 10.9 Å². The van der Waals surface area contributed by atoms with Gasteiger partial charge in [-0.15, -0.1) is 0 Å². The highest BCUT2D eigenvalue weighted by molar-refractivity contribution is 5.94. The quantitative estimate of drug-likeness (QED) is 0.510. The molecule has 0 atom stereocenters. The number of ether oxygens (including phenoxy) is 1. The Bertz CT molecular complexity index is 657. The van der Waals surface area contributed by atoms with Crippen LogP contribution in [-0.2, 0) is 9.53 Å². The van der Waals surface area contributed by atoms with Crippen molar-refractivity contribution in [1.29, 1.82) is 0 Å². The molecule has 2 aromatic rings. The Kier molecular flexibility index (Phi) is 4.09. The van der Waals surface area contributed by atoms with Crippen LogP contribution in [0.1, 0.15) is 6.92 Å². The monoisotopic (exact) mass is 275 g/mol. The van der Waals surface area contributed by atoms with Crippen molar-refractivity contribution in [3.8, 4) is 0 Å². The summed E-state index contributed by atoms with van der Waals surface area (Å²) in [6.45, 7) is 1.84. The standard InChI is InChI=1S/C13H13N3O4/c1-2-20-12(17)8-15-11-6-5-10-9(4-3-7-14-10)13(11)16(18)19/h3-7,15H,2,8H2,1H3. The average molecular weight is 275 g/mol. The van der Waals surface area contributed by atoms with E-state index in [0.29, 0.717) is 10.9 Å². The molecular formula is C13H13N3O4. The molecule has 7 nitrogen and oxygen atoms in total. The number of nitrogens with zero attached hydrogens (tertiary/aromatic N) is 2. The van der Waals surface area contributed by atoms with E-state index in [-0.39, 0.29) is 24.5 Å². The Morgan fingerprint density at radius 1 is 1.45 bits per heavy atom. The summed E-state index contributed by atoms with van der Waals surface area (Å²) < 4.78 is 4.77. The van der Waals surface area contributed by atoms with Crippen molar-refractivity contribution in [2.24, 2.45) is 0 Å². The lowest BCUT2D eigenvalue weighted by Crippen LogP contribution is -2.17. The summed E-state index contributed by atoms with van der Waals surface area (Å²) in [4.78, 5) is 26.1. The Hall–Kier alpha value is -2.70. The molecule has 104 valence electrons. The fraction of sp³-hybridized carbons (Fsp3) is 0.231. The lowest BCUT2D eigenvalue weighted by Gasteiger charge is -2.08. The number of esters is 1. The molecule has 0 unspecified atom stereocenters. The molecule has 1 aromatic heterocycles. The highest BCUT2D eigenvalue weighted by atomic mass is 16.6. The van der Waals surface area contributed by atoms with Crippen LogP contribution in [-0.4, -0.2) is 29.0 Å². The number of fused-ring (bicyclic) bond motifs is 1. The number of nitrogens with one attached hydrogen (secondary N) is 1. The van der Waals surface area contributed by atoms with Gasteiger partial charge in [-0.25, -0.2) is 0 Å². The Labute approximate surface area is 114 Å². The number of anilines is 1. The molecule has 20 heavy (non-hydrogen) atoms. The number of pyridine rings is 1. The molecule has 0 aliphatic carbocycles. The van der Waals surface area contributed by atoms with Crippen LogP contribution in [0.3, 0.4) is 0 Å². The summed E-state index contributed by atoms with van der Waals surface area (Å²) in [6.07, 6.45) is 1.57. The SMILES string of the molecule is CCOC(=O)CNc1ccc2ncccc2c1[N+](=O)[O-]. The first-order valence-corrected chi connectivity index (χ1v) is 6.05. The van der Waals surface area contributed by atoms with Gasteiger partial charge in [0.05, 0.1) is 22.4 Å². The van der Waals surface area contributed by atoms with E-state index in [0.717, 1.165) is 0 Å². The fourth-order valence-corrected chi connectivity index (χ4v) is 1.86. The highest BCUT2D eigenvalue weighted by Crippen LogP contribution is 2.32. The smallest absolute Gasteiger partial charge is 0.325 e. The Balaban J connectivity index is 2.35. The van der Waals surface area contributed by atoms with E-state index in [1.807, 2.05) is 0 Å². The van der Waals surface area contributed by atoms with E-state index in [4.69, 9.17) is 4.74 Å². The topological polar surface area (TPSA) is 94.4 Å². The molecular weight excluding hydrogens is 262 g/mol. The van der Waals surface area contributed by atoms with Crippen LogP contribution >= 0.6 is 0 Å². The summed E-state index contributed by atoms with van der Waals surface area (Å²) in [6, 6.07) is 6.45. The van der Waals surface area contributed by atoms with Gasteiger partial charge < -0.3 is 10.1 Å². The summed E-state index contributed by atoms with van der Waals surface area (Å²) >= 11 is 0. The van der Waals surface area contributed by atoms with Crippen molar-refractivity contribution in [2.45, 2.75) is 6.92 Å². The number of carbonyl (C=O) groups is 1. The molecule has 0 spiro atoms. The summed E-state index contributed by atoms with van der Waals surface area (Å²) in [5, 5.41) is 14.4. The third-order valence-corrected chi connectivity index (χ3v) is 2.67. The van der Waals surface area contributed by atoms with Gasteiger partial charge in [0.25, 0.3) is 0 Å². The first-order chi connectivity index (χ1) is 9.63. The molecule has 0 bridgehead atoms. The minimum Gasteiger partial charge on any atom is -0.465 e. The number of aromatic nitrogens is 1. The number of hydrogen-bond acceptors (Lipinski definition) is 6. The maximum Gasteiger partial charge on any atom is 0.325 e. The number of nitro benzene ring substituents is 1. The van der Waals surface area contributed by atoms with Crippen molar-refractivity contribution < 1.29 is 14.5 Å². The van der Waals surface area contributed by atoms with Crippen molar-refractivity contribution in [1.82, 2.24) is 4.98 Å². The lowest BCUT2D eigenvalue weighted by atomic mass is 10.1. The zero-order valence-corrected chi connectivity index (χ0v) is 10.8. The van der Waals surface area contributed by atoms with Gasteiger partial charge in [0, 0.05) is 6.20 Å². The Morgan fingerprint density at radius 3 is 2.95 bits per heavy atom. The van der Waals surface area contributed by atoms with Gasteiger partial charge in [0.1, 0.15) is 12.2 Å². The molecule has 2 rings (SSSR count). The van der Waals surface area contributed by atoms with Crippen LogP contribution in [0.25, 0.3) is 10.9 Å². The van der Waals surface area contributed by atoms with Crippen molar-refractivity contribution in [3.63, 3.8) is 0 Å². The highest BCUT2D eigenvalue weighted by Gasteiger charge is 2.19. The van der Waals surface area contributed by atoms with Gasteiger partial charge >= 0.3 is 11.7 Å². The second-order valence-electron chi connectivity index (χ2n) is 3.95. The number of hydrogen-bond donors (Lipinski definition) is 1. The van der Waals surface area contributed by atoms with Crippen LogP contribution in [0.2, 0.25) is 0 Å². The largest absolute Gasteiger partial charge is 0.465 e. The predicted molar refractivity (Wildman–Crippen MR) is 73.5 cm³/mol. The second kappa shape index (κ2) is 5.96. The van der Waals surface area contributed by atoms with Crippen LogP contribution in [0.5, 0.6) is 0 Å². The molecule has 1 heterocycles. The van der Waals surface area contributed by atoms with Gasteiger partial charge in [0.2, 0.25) is 0 Å². The van der Waals surface area contributed by atoms with E-state index in [9.17, 15) is 14.9 Å². The predicted octanol–water partition coefficient (Wildman–Crippen LogP) is 2.12. The third kappa shape index (κ3) is 2.82. The van der Waals surface area contributed by atoms with Gasteiger partial charge in [-0.2, -0.15) is 0 Å². The molecule has 1 aromatic carbocycles. The number of nitro groups is 1. The normalized spacial score (nSPS) is 10.2. The van der Waals surface area contributed by atoms with Crippen LogP contribution in [0.15, 0.2) is 30.5 Å². The lowest BCUT2D eigenvalue weighted by molar-refractivity contribution is -0.382. The summed E-state index contributed by atoms with van der Waals surface area (Å²) in [7, 11) is 0. The molecule has 0 radical (unpaired) electrons. The molecule has 0 saturated carbocycles. The molecule has 0 aliphatic rings. The molecule has 0 saturated heterocycles. The number of carbonyl (C=O) groups excluding carboxylic acids is 1. The van der Waals surface area contributed by atoms with Crippen LogP contribution in [0.4, 0.5) is 11.4 Å². The molecule has 0 aliphatic heterocycles. The fourth-order valence-electron chi connectivity index (χ4n) is 1.86. The zero-order valence-electron chi connectivity index (χ0n) is 10.8. The minimum absolute atomic E-state index is 0.0973. The van der Waals surface area contributed by atoms with Crippen molar-refractivity contribution >= 4 is 28.2 Å². The maximum atomic E-state index is 11.3. The molecule has 7 heteroatoms. The van der Waals surface area contributed by atoms with E-state index >= 15 is 0 Å². The first kappa shape index (κ1) is 13.7. The Morgan fingerprint density at radius 2 is 2.25 bits per heavy atom. The van der Waals surface area contributed by atoms with Gasteiger partial charge in [-0.3, -0.25) is 19.9 Å². The van der Waals surface area contributed by atoms with Crippen molar-refractivity contribution in [2.75, 3.05) is 18.5 Å². The van der Waals surface area contributed by atoms with Gasteiger partial charge in [-0.05, 0) is 31.2 Å². The van der Waals surface area contributed by atoms with E-state index in [1.54, 1.807) is 31.3 Å². The molecule has 1 N–H and O–H groups in total. The minimum atomic E-state index is -0.489. The zero-order chi connectivity index (χ0) is 14.5. The maximum absolute atomic E-state index is 11.3. The number of rotatable bonds is 5. The summed E-state index contributed by atoms with van der Waals surface area (Å²) in [5.74, 6) is -0.465. The molecule has 0 fully saturated rings. The van der Waals surface area contributed by atoms with Crippen LogP contribution < -0.4 is 5.32 Å². The van der Waals surface area contributed by atoms with E-state index in [2.05, 4.69) is 10.3 Å². The van der Waals surface area contributed by atoms with Gasteiger partial charge in [-0.1, -0.05) is 0 Å². The number of benzene rings is 1.